The fraction of sp³-hybridized carbons (Fsp3) is 0.667. The predicted molar refractivity (Wildman–Crippen MR) is 57.4 cm³/mol. The fourth-order valence-corrected chi connectivity index (χ4v) is 2.00. The molecule has 1 aliphatic carbocycles. The lowest BCUT2D eigenvalue weighted by atomic mass is 9.76. The molecular formula is C12H18O3. The van der Waals surface area contributed by atoms with Crippen LogP contribution in [0.25, 0.3) is 0 Å². The second-order valence-corrected chi connectivity index (χ2v) is 4.86. The number of ketones is 1. The molecule has 0 bridgehead atoms. The summed E-state index contributed by atoms with van der Waals surface area (Å²) in [4.78, 5) is 22.4. The second kappa shape index (κ2) is 4.60. The van der Waals surface area contributed by atoms with Crippen LogP contribution in [0, 0.1) is 5.41 Å². The third kappa shape index (κ3) is 3.86. The van der Waals surface area contributed by atoms with Crippen molar-refractivity contribution in [3.8, 4) is 0 Å². The highest BCUT2D eigenvalue weighted by Gasteiger charge is 2.27. The third-order valence-electron chi connectivity index (χ3n) is 2.60. The number of esters is 1. The highest BCUT2D eigenvalue weighted by Crippen LogP contribution is 2.35. The van der Waals surface area contributed by atoms with E-state index in [1.807, 2.05) is 0 Å². The molecule has 1 aliphatic rings. The Morgan fingerprint density at radius 1 is 1.47 bits per heavy atom. The van der Waals surface area contributed by atoms with Gasteiger partial charge in [0.15, 0.2) is 5.78 Å². The minimum Gasteiger partial charge on any atom is -0.469 e. The molecule has 15 heavy (non-hydrogen) atoms. The summed E-state index contributed by atoms with van der Waals surface area (Å²) in [6.45, 7) is 4.16. The summed E-state index contributed by atoms with van der Waals surface area (Å²) < 4.78 is 4.57. The number of carbonyl (C=O) groups is 2. The van der Waals surface area contributed by atoms with Crippen LogP contribution in [0.3, 0.4) is 0 Å². The maximum absolute atomic E-state index is 11.4. The fourth-order valence-electron chi connectivity index (χ4n) is 2.00. The monoisotopic (exact) mass is 210 g/mol. The van der Waals surface area contributed by atoms with Gasteiger partial charge in [-0.15, -0.1) is 0 Å². The largest absolute Gasteiger partial charge is 0.469 e. The molecule has 0 radical (unpaired) electrons. The molecule has 0 aromatic carbocycles. The first-order valence-electron chi connectivity index (χ1n) is 5.22. The molecule has 0 amide bonds. The van der Waals surface area contributed by atoms with Crippen molar-refractivity contribution in [3.05, 3.63) is 11.6 Å². The minimum atomic E-state index is -0.216. The van der Waals surface area contributed by atoms with Crippen LogP contribution in [0.4, 0.5) is 0 Å². The zero-order valence-corrected chi connectivity index (χ0v) is 9.63. The highest BCUT2D eigenvalue weighted by molar-refractivity contribution is 5.91. The zero-order chi connectivity index (χ0) is 11.5. The molecule has 84 valence electrons. The predicted octanol–water partition coefficient (Wildman–Crippen LogP) is 2.26. The lowest BCUT2D eigenvalue weighted by molar-refractivity contribution is -0.140. The van der Waals surface area contributed by atoms with Gasteiger partial charge in [-0.2, -0.15) is 0 Å². The first kappa shape index (κ1) is 12.0. The number of hydrogen-bond donors (Lipinski definition) is 0. The summed E-state index contributed by atoms with van der Waals surface area (Å²) in [5.41, 5.74) is 1.11. The van der Waals surface area contributed by atoms with E-state index in [0.717, 1.165) is 12.0 Å². The third-order valence-corrected chi connectivity index (χ3v) is 2.60. The van der Waals surface area contributed by atoms with Crippen LogP contribution < -0.4 is 0 Å². The van der Waals surface area contributed by atoms with Crippen LogP contribution in [0.15, 0.2) is 11.6 Å². The van der Waals surface area contributed by atoms with Gasteiger partial charge in [-0.05, 0) is 24.3 Å². The number of carbonyl (C=O) groups excluding carboxylic acids is 2. The van der Waals surface area contributed by atoms with Crippen LogP contribution >= 0.6 is 0 Å². The Morgan fingerprint density at radius 2 is 2.13 bits per heavy atom. The van der Waals surface area contributed by atoms with Crippen LogP contribution in [0.1, 0.15) is 39.5 Å². The Kier molecular flexibility index (Phi) is 3.66. The molecule has 0 saturated carbocycles. The maximum Gasteiger partial charge on any atom is 0.305 e. The topological polar surface area (TPSA) is 43.4 Å². The Morgan fingerprint density at radius 3 is 2.67 bits per heavy atom. The number of rotatable bonds is 3. The van der Waals surface area contributed by atoms with E-state index in [1.54, 1.807) is 6.08 Å². The molecule has 0 spiro atoms. The van der Waals surface area contributed by atoms with E-state index >= 15 is 0 Å². The van der Waals surface area contributed by atoms with Crippen molar-refractivity contribution in [2.45, 2.75) is 39.5 Å². The molecule has 0 heterocycles. The normalized spacial score (nSPS) is 19.7. The van der Waals surface area contributed by atoms with Gasteiger partial charge in [-0.3, -0.25) is 9.59 Å². The molecule has 0 fully saturated rings. The van der Waals surface area contributed by atoms with Crippen molar-refractivity contribution in [2.24, 2.45) is 5.41 Å². The minimum absolute atomic E-state index is 0.0390. The van der Waals surface area contributed by atoms with Gasteiger partial charge in [0.05, 0.1) is 7.11 Å². The van der Waals surface area contributed by atoms with E-state index < -0.39 is 0 Å². The van der Waals surface area contributed by atoms with Crippen molar-refractivity contribution in [1.82, 2.24) is 0 Å². The lowest BCUT2D eigenvalue weighted by Crippen LogP contribution is -2.22. The van der Waals surface area contributed by atoms with Crippen molar-refractivity contribution in [2.75, 3.05) is 7.11 Å². The molecule has 0 atom stereocenters. The van der Waals surface area contributed by atoms with Crippen LogP contribution in [-0.2, 0) is 14.3 Å². The Hall–Kier alpha value is -1.12. The zero-order valence-electron chi connectivity index (χ0n) is 9.63. The van der Waals surface area contributed by atoms with Crippen LogP contribution in [-0.4, -0.2) is 18.9 Å². The van der Waals surface area contributed by atoms with Gasteiger partial charge in [0.1, 0.15) is 0 Å². The van der Waals surface area contributed by atoms with E-state index in [-0.39, 0.29) is 17.2 Å². The first-order chi connectivity index (χ1) is 6.93. The number of methoxy groups -OCH3 is 1. The van der Waals surface area contributed by atoms with Gasteiger partial charge in [0.2, 0.25) is 0 Å². The molecular weight excluding hydrogens is 192 g/mol. The van der Waals surface area contributed by atoms with E-state index in [4.69, 9.17) is 0 Å². The molecule has 0 aliphatic heterocycles. The van der Waals surface area contributed by atoms with Gasteiger partial charge >= 0.3 is 5.97 Å². The average molecular weight is 210 g/mol. The summed E-state index contributed by atoms with van der Waals surface area (Å²) in [7, 11) is 1.38. The van der Waals surface area contributed by atoms with Gasteiger partial charge in [0, 0.05) is 12.8 Å². The number of allylic oxidation sites excluding steroid dienone is 2. The van der Waals surface area contributed by atoms with Gasteiger partial charge in [-0.25, -0.2) is 0 Å². The van der Waals surface area contributed by atoms with Crippen molar-refractivity contribution in [1.29, 1.82) is 0 Å². The smallest absolute Gasteiger partial charge is 0.305 e. The van der Waals surface area contributed by atoms with Gasteiger partial charge in [0.25, 0.3) is 0 Å². The van der Waals surface area contributed by atoms with E-state index in [2.05, 4.69) is 18.6 Å². The van der Waals surface area contributed by atoms with E-state index in [1.165, 1.54) is 7.11 Å². The van der Waals surface area contributed by atoms with E-state index in [9.17, 15) is 9.59 Å². The van der Waals surface area contributed by atoms with E-state index in [0.29, 0.717) is 19.3 Å². The summed E-state index contributed by atoms with van der Waals surface area (Å²) in [5.74, 6) is -0.0437. The second-order valence-electron chi connectivity index (χ2n) is 4.86. The summed E-state index contributed by atoms with van der Waals surface area (Å²) in [5, 5.41) is 0. The van der Waals surface area contributed by atoms with Crippen molar-refractivity contribution >= 4 is 11.8 Å². The standard InChI is InChI=1S/C12H18O3/c1-12(2)7-9(6-10(13)8-12)4-5-11(14)15-3/h6H,4-5,7-8H2,1-3H3. The molecule has 0 saturated heterocycles. The SMILES string of the molecule is COC(=O)CCC1=CC(=O)CC(C)(C)C1. The Labute approximate surface area is 90.5 Å². The average Bonchev–Trinajstić information content (AvgIpc) is 2.11. The molecule has 3 nitrogen and oxygen atoms in total. The molecule has 0 aromatic heterocycles. The quantitative estimate of drug-likeness (QED) is 0.671. The number of ether oxygens (including phenoxy) is 1. The molecule has 0 aromatic rings. The Bertz CT molecular complexity index is 300. The van der Waals surface area contributed by atoms with Crippen LogP contribution in [0.2, 0.25) is 0 Å². The molecule has 0 N–H and O–H groups in total. The van der Waals surface area contributed by atoms with Crippen molar-refractivity contribution < 1.29 is 14.3 Å². The molecule has 3 heteroatoms. The summed E-state index contributed by atoms with van der Waals surface area (Å²) in [6.07, 6.45) is 4.20. The summed E-state index contributed by atoms with van der Waals surface area (Å²) >= 11 is 0. The summed E-state index contributed by atoms with van der Waals surface area (Å²) in [6, 6.07) is 0. The van der Waals surface area contributed by atoms with Crippen LogP contribution in [0.5, 0.6) is 0 Å². The maximum atomic E-state index is 11.4. The molecule has 0 unspecified atom stereocenters. The van der Waals surface area contributed by atoms with Crippen molar-refractivity contribution in [3.63, 3.8) is 0 Å². The van der Waals surface area contributed by atoms with Gasteiger partial charge in [-0.1, -0.05) is 19.4 Å². The lowest BCUT2D eigenvalue weighted by Gasteiger charge is -2.28. The number of hydrogen-bond acceptors (Lipinski definition) is 3. The molecule has 1 rings (SSSR count). The highest BCUT2D eigenvalue weighted by atomic mass is 16.5. The van der Waals surface area contributed by atoms with Gasteiger partial charge < -0.3 is 4.74 Å². The Balaban J connectivity index is 2.55. The first-order valence-corrected chi connectivity index (χ1v) is 5.22.